The van der Waals surface area contributed by atoms with Gasteiger partial charge < -0.3 is 0 Å². The minimum Gasteiger partial charge on any atom is -0.297 e. The summed E-state index contributed by atoms with van der Waals surface area (Å²) in [5, 5.41) is 1.98. The van der Waals surface area contributed by atoms with Crippen LogP contribution in [0.25, 0.3) is 4.96 Å². The number of fused-ring (bicyclic) bond motifs is 1. The topological polar surface area (TPSA) is 52.2 Å². The number of hydrogen-bond donors (Lipinski definition) is 0. The summed E-state index contributed by atoms with van der Waals surface area (Å²) in [6, 6.07) is 0. The number of hydrogen-bond acceptors (Lipinski definition) is 4. The van der Waals surface area contributed by atoms with Crippen molar-refractivity contribution in [2.24, 2.45) is 0 Å². The normalized spacial score (nSPS) is 11.1. The molecule has 7 heteroatoms. The highest BCUT2D eigenvalue weighted by atomic mass is 127. The average molecular weight is 358 g/mol. The number of thiazole rings is 1. The van der Waals surface area contributed by atoms with Crippen LogP contribution < -0.4 is 5.56 Å². The second-order valence-corrected chi connectivity index (χ2v) is 5.53. The number of rotatable bonds is 2. The molecule has 17 heavy (non-hydrogen) atoms. The lowest BCUT2D eigenvalue weighted by molar-refractivity contribution is 0.717. The molecule has 0 saturated heterocycles. The minimum atomic E-state index is -0.0306. The Labute approximate surface area is 114 Å². The van der Waals surface area contributed by atoms with Crippen molar-refractivity contribution in [3.05, 3.63) is 49.9 Å². The molecule has 0 bridgehead atoms. The van der Waals surface area contributed by atoms with Crippen molar-refractivity contribution in [2.45, 2.75) is 6.54 Å². The molecule has 5 nitrogen and oxygen atoms in total. The second-order valence-electron chi connectivity index (χ2n) is 3.50. The quantitative estimate of drug-likeness (QED) is 0.654. The highest BCUT2D eigenvalue weighted by molar-refractivity contribution is 14.1. The molecule has 0 aromatic carbocycles. The maximum atomic E-state index is 11.8. The van der Waals surface area contributed by atoms with E-state index in [9.17, 15) is 4.79 Å². The van der Waals surface area contributed by atoms with Gasteiger partial charge in [-0.1, -0.05) is 0 Å². The van der Waals surface area contributed by atoms with Crippen LogP contribution in [-0.4, -0.2) is 18.9 Å². The van der Waals surface area contributed by atoms with Gasteiger partial charge in [-0.3, -0.25) is 13.8 Å². The maximum absolute atomic E-state index is 11.8. The van der Waals surface area contributed by atoms with Gasteiger partial charge in [0.15, 0.2) is 4.96 Å². The molecule has 0 spiro atoms. The van der Waals surface area contributed by atoms with Gasteiger partial charge in [0.05, 0.1) is 22.1 Å². The van der Waals surface area contributed by atoms with E-state index >= 15 is 0 Å². The zero-order valence-corrected chi connectivity index (χ0v) is 11.6. The van der Waals surface area contributed by atoms with Crippen molar-refractivity contribution in [1.29, 1.82) is 0 Å². The van der Waals surface area contributed by atoms with E-state index in [2.05, 4.69) is 9.97 Å². The lowest BCUT2D eigenvalue weighted by atomic mass is 10.4. The summed E-state index contributed by atoms with van der Waals surface area (Å²) in [6.07, 6.45) is 6.98. The van der Waals surface area contributed by atoms with Crippen LogP contribution in [0.3, 0.4) is 0 Å². The van der Waals surface area contributed by atoms with Crippen LogP contribution in [0.2, 0.25) is 0 Å². The van der Waals surface area contributed by atoms with Gasteiger partial charge in [-0.25, -0.2) is 9.97 Å². The third-order valence-corrected chi connectivity index (χ3v) is 3.85. The summed E-state index contributed by atoms with van der Waals surface area (Å²) in [5.41, 5.74) is 0.833. The van der Waals surface area contributed by atoms with Gasteiger partial charge in [-0.2, -0.15) is 0 Å². The Morgan fingerprint density at radius 3 is 3.18 bits per heavy atom. The fourth-order valence-electron chi connectivity index (χ4n) is 1.56. The molecule has 0 atom stereocenters. The van der Waals surface area contributed by atoms with E-state index in [0.29, 0.717) is 10.1 Å². The van der Waals surface area contributed by atoms with E-state index in [4.69, 9.17) is 0 Å². The molecule has 0 saturated carbocycles. The molecule has 0 N–H and O–H groups in total. The Kier molecular flexibility index (Phi) is 2.71. The largest absolute Gasteiger partial charge is 0.297 e. The van der Waals surface area contributed by atoms with Crippen LogP contribution in [-0.2, 0) is 6.54 Å². The van der Waals surface area contributed by atoms with E-state index in [1.165, 1.54) is 6.33 Å². The Balaban J connectivity index is 1.99. The molecular formula is C10H7IN4OS. The molecule has 3 aromatic rings. The van der Waals surface area contributed by atoms with E-state index in [1.807, 2.05) is 44.8 Å². The molecule has 0 aliphatic heterocycles. The SMILES string of the molecule is O=c1c(I)cncn1Cc1cn2ccsc2n1. The van der Waals surface area contributed by atoms with Gasteiger partial charge in [0.2, 0.25) is 0 Å². The third kappa shape index (κ3) is 2.00. The zero-order chi connectivity index (χ0) is 11.8. The molecular weight excluding hydrogens is 351 g/mol. The molecule has 3 heterocycles. The first-order valence-corrected chi connectivity index (χ1v) is 6.81. The predicted molar refractivity (Wildman–Crippen MR) is 73.4 cm³/mol. The van der Waals surface area contributed by atoms with Gasteiger partial charge in [-0.15, -0.1) is 11.3 Å². The molecule has 0 fully saturated rings. The fraction of sp³-hybridized carbons (Fsp3) is 0.100. The van der Waals surface area contributed by atoms with Crippen molar-refractivity contribution in [2.75, 3.05) is 0 Å². The Bertz CT molecular complexity index is 701. The molecule has 0 aliphatic rings. The number of halogens is 1. The van der Waals surface area contributed by atoms with E-state index in [-0.39, 0.29) is 5.56 Å². The van der Waals surface area contributed by atoms with Crippen molar-refractivity contribution >= 4 is 38.9 Å². The van der Waals surface area contributed by atoms with Crippen LogP contribution in [0, 0.1) is 3.57 Å². The molecule has 3 rings (SSSR count). The molecule has 0 amide bonds. The highest BCUT2D eigenvalue weighted by Crippen LogP contribution is 2.11. The first-order chi connectivity index (χ1) is 8.24. The van der Waals surface area contributed by atoms with Gasteiger partial charge >= 0.3 is 0 Å². The van der Waals surface area contributed by atoms with E-state index < -0.39 is 0 Å². The molecule has 86 valence electrons. The van der Waals surface area contributed by atoms with Crippen LogP contribution in [0.5, 0.6) is 0 Å². The summed E-state index contributed by atoms with van der Waals surface area (Å²) in [5.74, 6) is 0. The predicted octanol–water partition coefficient (Wildman–Crippen LogP) is 1.61. The number of aromatic nitrogens is 4. The lowest BCUT2D eigenvalue weighted by Gasteiger charge is -2.01. The third-order valence-electron chi connectivity index (χ3n) is 2.33. The zero-order valence-electron chi connectivity index (χ0n) is 8.58. The fourth-order valence-corrected chi connectivity index (χ4v) is 2.75. The summed E-state index contributed by atoms with van der Waals surface area (Å²) < 4.78 is 4.13. The number of nitrogens with zero attached hydrogens (tertiary/aromatic N) is 4. The van der Waals surface area contributed by atoms with Crippen LogP contribution >= 0.6 is 33.9 Å². The van der Waals surface area contributed by atoms with Crippen LogP contribution in [0.1, 0.15) is 5.69 Å². The van der Waals surface area contributed by atoms with Gasteiger partial charge in [0.25, 0.3) is 5.56 Å². The molecule has 0 radical (unpaired) electrons. The smallest absolute Gasteiger partial charge is 0.267 e. The second kappa shape index (κ2) is 4.22. The Morgan fingerprint density at radius 1 is 1.47 bits per heavy atom. The average Bonchev–Trinajstić information content (AvgIpc) is 2.85. The summed E-state index contributed by atoms with van der Waals surface area (Å²) in [4.78, 5) is 21.2. The summed E-state index contributed by atoms with van der Waals surface area (Å²) in [6.45, 7) is 0.455. The molecule has 3 aromatic heterocycles. The molecule has 0 aliphatic carbocycles. The van der Waals surface area contributed by atoms with E-state index in [1.54, 1.807) is 22.1 Å². The summed E-state index contributed by atoms with van der Waals surface area (Å²) >= 11 is 3.56. The maximum Gasteiger partial charge on any atom is 0.267 e. The highest BCUT2D eigenvalue weighted by Gasteiger charge is 2.06. The van der Waals surface area contributed by atoms with Crippen molar-refractivity contribution in [1.82, 2.24) is 18.9 Å². The monoisotopic (exact) mass is 358 g/mol. The van der Waals surface area contributed by atoms with Crippen LogP contribution in [0.4, 0.5) is 0 Å². The van der Waals surface area contributed by atoms with Crippen molar-refractivity contribution in [3.63, 3.8) is 0 Å². The first-order valence-electron chi connectivity index (χ1n) is 4.85. The minimum absolute atomic E-state index is 0.0306. The van der Waals surface area contributed by atoms with Crippen molar-refractivity contribution < 1.29 is 0 Å². The van der Waals surface area contributed by atoms with E-state index in [0.717, 1.165) is 10.7 Å². The lowest BCUT2D eigenvalue weighted by Crippen LogP contribution is -2.23. The standard InChI is InChI=1S/C10H7IN4OS/c11-8-3-12-6-15(9(8)16)5-7-4-14-1-2-17-10(14)13-7/h1-4,6H,5H2. The van der Waals surface area contributed by atoms with Gasteiger partial charge in [0, 0.05) is 24.0 Å². The van der Waals surface area contributed by atoms with Crippen LogP contribution in [0.15, 0.2) is 35.1 Å². The van der Waals surface area contributed by atoms with Gasteiger partial charge in [-0.05, 0) is 22.6 Å². The number of imidazole rings is 1. The first kappa shape index (κ1) is 10.9. The van der Waals surface area contributed by atoms with Crippen molar-refractivity contribution in [3.8, 4) is 0 Å². The Morgan fingerprint density at radius 2 is 2.35 bits per heavy atom. The van der Waals surface area contributed by atoms with Gasteiger partial charge in [0.1, 0.15) is 0 Å². The molecule has 0 unspecified atom stereocenters. The summed E-state index contributed by atoms with van der Waals surface area (Å²) in [7, 11) is 0. The Hall–Kier alpha value is -1.22.